The molecule has 0 aromatic heterocycles. The molecule has 0 spiro atoms. The van der Waals surface area contributed by atoms with Gasteiger partial charge in [-0.2, -0.15) is 5.11 Å². The minimum absolute atomic E-state index is 0.0205. The van der Waals surface area contributed by atoms with Crippen molar-refractivity contribution >= 4 is 28.9 Å². The summed E-state index contributed by atoms with van der Waals surface area (Å²) >= 11 is 12.2. The molecule has 19 heavy (non-hydrogen) atoms. The fraction of sp³-hybridized carbons (Fsp3) is 0.143. The maximum absolute atomic E-state index is 6.27. The molecule has 0 radical (unpaired) electrons. The van der Waals surface area contributed by atoms with E-state index >= 15 is 0 Å². The van der Waals surface area contributed by atoms with E-state index in [2.05, 4.69) is 10.3 Å². The zero-order valence-electron chi connectivity index (χ0n) is 10.0. The molecule has 1 aliphatic rings. The fourth-order valence-corrected chi connectivity index (χ4v) is 2.67. The molecule has 2 aromatic rings. The second kappa shape index (κ2) is 5.19. The van der Waals surface area contributed by atoms with Gasteiger partial charge in [-0.15, -0.1) is 0 Å². The Morgan fingerprint density at radius 1 is 1.05 bits per heavy atom. The molecule has 96 valence electrons. The lowest BCUT2D eigenvalue weighted by Crippen LogP contribution is -2.20. The largest absolute Gasteiger partial charge is 0.238 e. The van der Waals surface area contributed by atoms with Crippen molar-refractivity contribution in [1.82, 2.24) is 0 Å². The molecule has 2 aromatic carbocycles. The first-order valence-electron chi connectivity index (χ1n) is 5.92. The highest BCUT2D eigenvalue weighted by Gasteiger charge is 2.27. The lowest BCUT2D eigenvalue weighted by Gasteiger charge is -2.22. The number of anilines is 1. The van der Waals surface area contributed by atoms with E-state index in [1.807, 2.05) is 47.5 Å². The molecule has 3 rings (SSSR count). The van der Waals surface area contributed by atoms with Crippen molar-refractivity contribution in [1.29, 1.82) is 0 Å². The molecular weight excluding hydrogens is 281 g/mol. The summed E-state index contributed by atoms with van der Waals surface area (Å²) in [6, 6.07) is 15.5. The standard InChI is InChI=1S/C14H11Cl2N3/c15-10-6-7-12(13(16)8-10)14-9-17-18-19(14)11-4-2-1-3-5-11/h1-8,14H,9H2. The van der Waals surface area contributed by atoms with Crippen LogP contribution < -0.4 is 5.01 Å². The Kier molecular flexibility index (Phi) is 3.40. The minimum atomic E-state index is 0.0205. The lowest BCUT2D eigenvalue weighted by atomic mass is 10.1. The van der Waals surface area contributed by atoms with Crippen molar-refractivity contribution in [3.05, 3.63) is 64.1 Å². The minimum Gasteiger partial charge on any atom is -0.238 e. The Labute approximate surface area is 121 Å². The van der Waals surface area contributed by atoms with Crippen molar-refractivity contribution in [3.8, 4) is 0 Å². The van der Waals surface area contributed by atoms with E-state index in [1.165, 1.54) is 0 Å². The smallest absolute Gasteiger partial charge is 0.102 e. The average molecular weight is 292 g/mol. The first kappa shape index (κ1) is 12.5. The number of nitrogens with zero attached hydrogens (tertiary/aromatic N) is 3. The monoisotopic (exact) mass is 291 g/mol. The predicted molar refractivity (Wildman–Crippen MR) is 77.8 cm³/mol. The van der Waals surface area contributed by atoms with Crippen LogP contribution in [0, 0.1) is 0 Å². The van der Waals surface area contributed by atoms with Gasteiger partial charge in [-0.3, -0.25) is 0 Å². The highest BCUT2D eigenvalue weighted by Crippen LogP contribution is 2.36. The molecule has 0 N–H and O–H groups in total. The van der Waals surface area contributed by atoms with Gasteiger partial charge in [-0.25, -0.2) is 5.01 Å². The molecular formula is C14H11Cl2N3. The number of rotatable bonds is 2. The van der Waals surface area contributed by atoms with Crippen LogP contribution in [0.2, 0.25) is 10.0 Å². The molecule has 1 unspecified atom stereocenters. The van der Waals surface area contributed by atoms with Crippen molar-refractivity contribution in [3.63, 3.8) is 0 Å². The van der Waals surface area contributed by atoms with Crippen LogP contribution in [0.15, 0.2) is 58.9 Å². The molecule has 1 heterocycles. The van der Waals surface area contributed by atoms with Gasteiger partial charge in [-0.1, -0.05) is 52.7 Å². The van der Waals surface area contributed by atoms with Crippen LogP contribution in [0.5, 0.6) is 0 Å². The van der Waals surface area contributed by atoms with Crippen LogP contribution in [0.25, 0.3) is 0 Å². The third kappa shape index (κ3) is 2.44. The van der Waals surface area contributed by atoms with Gasteiger partial charge in [0.1, 0.15) is 6.04 Å². The summed E-state index contributed by atoms with van der Waals surface area (Å²) in [4.78, 5) is 0. The Morgan fingerprint density at radius 2 is 1.84 bits per heavy atom. The van der Waals surface area contributed by atoms with Gasteiger partial charge in [0.25, 0.3) is 0 Å². The van der Waals surface area contributed by atoms with E-state index in [0.717, 1.165) is 11.3 Å². The van der Waals surface area contributed by atoms with Gasteiger partial charge in [-0.05, 0) is 29.8 Å². The molecule has 5 heteroatoms. The van der Waals surface area contributed by atoms with Crippen molar-refractivity contribution in [2.45, 2.75) is 6.04 Å². The SMILES string of the molecule is Clc1ccc(C2CN=NN2c2ccccc2)c(Cl)c1. The lowest BCUT2D eigenvalue weighted by molar-refractivity contribution is 0.732. The third-order valence-corrected chi connectivity index (χ3v) is 3.61. The summed E-state index contributed by atoms with van der Waals surface area (Å²) < 4.78 is 0. The molecule has 0 bridgehead atoms. The van der Waals surface area contributed by atoms with Crippen molar-refractivity contribution < 1.29 is 0 Å². The van der Waals surface area contributed by atoms with Gasteiger partial charge >= 0.3 is 0 Å². The Hall–Kier alpha value is -1.58. The molecule has 3 nitrogen and oxygen atoms in total. The van der Waals surface area contributed by atoms with Crippen molar-refractivity contribution in [2.24, 2.45) is 10.3 Å². The summed E-state index contributed by atoms with van der Waals surface area (Å²) in [5.74, 6) is 0. The number of benzene rings is 2. The number of para-hydroxylation sites is 1. The Morgan fingerprint density at radius 3 is 2.58 bits per heavy atom. The Bertz CT molecular complexity index is 613. The fourth-order valence-electron chi connectivity index (χ4n) is 2.14. The number of hydrogen-bond acceptors (Lipinski definition) is 3. The van der Waals surface area contributed by atoms with Crippen LogP contribution in [-0.2, 0) is 0 Å². The van der Waals surface area contributed by atoms with Gasteiger partial charge in [0.15, 0.2) is 0 Å². The molecule has 1 atom stereocenters. The molecule has 0 saturated carbocycles. The average Bonchev–Trinajstić information content (AvgIpc) is 2.89. The normalized spacial score (nSPS) is 18.0. The zero-order valence-corrected chi connectivity index (χ0v) is 11.5. The van der Waals surface area contributed by atoms with E-state index in [0.29, 0.717) is 16.6 Å². The predicted octanol–water partition coefficient (Wildman–Crippen LogP) is 4.92. The summed E-state index contributed by atoms with van der Waals surface area (Å²) in [7, 11) is 0. The summed E-state index contributed by atoms with van der Waals surface area (Å²) in [6.45, 7) is 0.593. The second-order valence-electron chi connectivity index (χ2n) is 4.28. The topological polar surface area (TPSA) is 28.0 Å². The molecule has 1 aliphatic heterocycles. The van der Waals surface area contributed by atoms with Gasteiger partial charge in [0, 0.05) is 10.0 Å². The number of hydrogen-bond donors (Lipinski definition) is 0. The van der Waals surface area contributed by atoms with E-state index in [4.69, 9.17) is 23.2 Å². The summed E-state index contributed by atoms with van der Waals surface area (Å²) in [5.41, 5.74) is 1.99. The first-order valence-corrected chi connectivity index (χ1v) is 6.68. The summed E-state index contributed by atoms with van der Waals surface area (Å²) in [6.07, 6.45) is 0. The van der Waals surface area contributed by atoms with Gasteiger partial charge in [0.05, 0.1) is 12.2 Å². The maximum Gasteiger partial charge on any atom is 0.102 e. The van der Waals surface area contributed by atoms with Crippen LogP contribution in [0.4, 0.5) is 5.69 Å². The van der Waals surface area contributed by atoms with Crippen LogP contribution in [0.1, 0.15) is 11.6 Å². The maximum atomic E-state index is 6.27. The van der Waals surface area contributed by atoms with E-state index in [9.17, 15) is 0 Å². The number of halogens is 2. The second-order valence-corrected chi connectivity index (χ2v) is 5.12. The molecule has 0 aliphatic carbocycles. The van der Waals surface area contributed by atoms with Crippen LogP contribution in [0.3, 0.4) is 0 Å². The highest BCUT2D eigenvalue weighted by atomic mass is 35.5. The van der Waals surface area contributed by atoms with Crippen molar-refractivity contribution in [2.75, 3.05) is 11.6 Å². The third-order valence-electron chi connectivity index (χ3n) is 3.05. The molecule has 0 saturated heterocycles. The first-order chi connectivity index (χ1) is 9.25. The van der Waals surface area contributed by atoms with E-state index < -0.39 is 0 Å². The van der Waals surface area contributed by atoms with Crippen LogP contribution in [-0.4, -0.2) is 6.54 Å². The van der Waals surface area contributed by atoms with Crippen LogP contribution >= 0.6 is 23.2 Å². The Balaban J connectivity index is 1.97. The molecule has 0 fully saturated rings. The summed E-state index contributed by atoms with van der Waals surface area (Å²) in [5, 5.41) is 11.5. The quantitative estimate of drug-likeness (QED) is 0.772. The van der Waals surface area contributed by atoms with Gasteiger partial charge < -0.3 is 0 Å². The van der Waals surface area contributed by atoms with E-state index in [-0.39, 0.29) is 6.04 Å². The highest BCUT2D eigenvalue weighted by molar-refractivity contribution is 6.35. The zero-order chi connectivity index (χ0) is 13.2. The molecule has 0 amide bonds. The van der Waals surface area contributed by atoms with Gasteiger partial charge in [0.2, 0.25) is 0 Å². The van der Waals surface area contributed by atoms with E-state index in [1.54, 1.807) is 6.07 Å².